The summed E-state index contributed by atoms with van der Waals surface area (Å²) < 4.78 is 2.43. The van der Waals surface area contributed by atoms with E-state index < -0.39 is 0 Å². The van der Waals surface area contributed by atoms with Crippen molar-refractivity contribution in [3.05, 3.63) is 46.0 Å². The summed E-state index contributed by atoms with van der Waals surface area (Å²) in [5.41, 5.74) is 1.80. The molecule has 4 nitrogen and oxygen atoms in total. The largest absolute Gasteiger partial charge is 0.294 e. The molecule has 0 amide bonds. The molecule has 2 rings (SSSR count). The summed E-state index contributed by atoms with van der Waals surface area (Å²) in [6.07, 6.45) is 1.71. The van der Waals surface area contributed by atoms with Crippen molar-refractivity contribution in [2.75, 3.05) is 0 Å². The molecule has 88 valence electrons. The Morgan fingerprint density at radius 3 is 2.82 bits per heavy atom. The van der Waals surface area contributed by atoms with Gasteiger partial charge in [-0.25, -0.2) is 4.98 Å². The summed E-state index contributed by atoms with van der Waals surface area (Å²) >= 11 is 3.41. The van der Waals surface area contributed by atoms with Gasteiger partial charge in [0.05, 0.1) is 6.42 Å². The number of hydrogen-bond donors (Lipinski definition) is 0. The number of hydrogen-bond acceptors (Lipinski definition) is 3. The minimum Gasteiger partial charge on any atom is -0.294 e. The summed E-state index contributed by atoms with van der Waals surface area (Å²) in [7, 11) is 1.78. The van der Waals surface area contributed by atoms with E-state index in [-0.39, 0.29) is 12.2 Å². The monoisotopic (exact) mass is 293 g/mol. The Hall–Kier alpha value is -1.49. The maximum atomic E-state index is 12.1. The third kappa shape index (κ3) is 2.61. The van der Waals surface area contributed by atoms with Crippen molar-refractivity contribution < 1.29 is 4.79 Å². The molecular formula is C12H12BrN3O. The highest BCUT2D eigenvalue weighted by Crippen LogP contribution is 2.19. The van der Waals surface area contributed by atoms with Crippen LogP contribution in [0.4, 0.5) is 0 Å². The fraction of sp³-hybridized carbons (Fsp3) is 0.250. The van der Waals surface area contributed by atoms with Gasteiger partial charge in [-0.3, -0.25) is 9.48 Å². The van der Waals surface area contributed by atoms with Gasteiger partial charge in [-0.05, 0) is 24.6 Å². The zero-order valence-corrected chi connectivity index (χ0v) is 11.2. The first-order chi connectivity index (χ1) is 8.08. The minimum absolute atomic E-state index is 0.0352. The van der Waals surface area contributed by atoms with Gasteiger partial charge in [0.15, 0.2) is 5.78 Å². The molecule has 5 heteroatoms. The van der Waals surface area contributed by atoms with Crippen LogP contribution in [0.5, 0.6) is 0 Å². The SMILES string of the molecule is Cc1ccc(C(=O)Cc2ncnn2C)c(Br)c1. The Balaban J connectivity index is 2.23. The molecule has 1 aromatic carbocycles. The second kappa shape index (κ2) is 4.79. The number of halogens is 1. The second-order valence-corrected chi connectivity index (χ2v) is 4.74. The smallest absolute Gasteiger partial charge is 0.171 e. The first kappa shape index (κ1) is 12.0. The first-order valence-corrected chi connectivity index (χ1v) is 5.99. The number of carbonyl (C=O) groups is 1. The van der Waals surface area contributed by atoms with Crippen molar-refractivity contribution >= 4 is 21.7 Å². The molecule has 0 saturated heterocycles. The molecule has 0 aliphatic carbocycles. The van der Waals surface area contributed by atoms with Crippen LogP contribution in [0.1, 0.15) is 21.7 Å². The quantitative estimate of drug-likeness (QED) is 0.816. The molecule has 1 aromatic heterocycles. The third-order valence-corrected chi connectivity index (χ3v) is 3.20. The Morgan fingerprint density at radius 2 is 2.24 bits per heavy atom. The summed E-state index contributed by atoms with van der Waals surface area (Å²) in [6, 6.07) is 5.69. The lowest BCUT2D eigenvalue weighted by molar-refractivity contribution is 0.0989. The standard InChI is InChI=1S/C12H12BrN3O/c1-8-3-4-9(10(13)5-8)11(17)6-12-14-7-15-16(12)2/h3-5,7H,6H2,1-2H3. The van der Waals surface area contributed by atoms with Crippen molar-refractivity contribution in [2.45, 2.75) is 13.3 Å². The van der Waals surface area contributed by atoms with Crippen LogP contribution in [-0.2, 0) is 13.5 Å². The average molecular weight is 294 g/mol. The van der Waals surface area contributed by atoms with Crippen LogP contribution in [0.3, 0.4) is 0 Å². The van der Waals surface area contributed by atoms with Gasteiger partial charge in [-0.15, -0.1) is 0 Å². The number of nitrogens with zero attached hydrogens (tertiary/aromatic N) is 3. The van der Waals surface area contributed by atoms with Crippen LogP contribution in [0.25, 0.3) is 0 Å². The summed E-state index contributed by atoms with van der Waals surface area (Å²) in [5.74, 6) is 0.704. The predicted octanol–water partition coefficient (Wildman–Crippen LogP) is 2.31. The van der Waals surface area contributed by atoms with E-state index in [1.807, 2.05) is 25.1 Å². The number of rotatable bonds is 3. The summed E-state index contributed by atoms with van der Waals surface area (Å²) in [5, 5.41) is 3.94. The van der Waals surface area contributed by atoms with Gasteiger partial charge in [0.1, 0.15) is 12.2 Å². The number of aryl methyl sites for hydroxylation is 2. The molecule has 0 radical (unpaired) electrons. The van der Waals surface area contributed by atoms with Crippen molar-refractivity contribution in [1.29, 1.82) is 0 Å². The Kier molecular flexibility index (Phi) is 3.38. The minimum atomic E-state index is 0.0352. The van der Waals surface area contributed by atoms with Gasteiger partial charge in [0, 0.05) is 17.1 Å². The Labute approximate surface area is 108 Å². The van der Waals surface area contributed by atoms with E-state index in [1.54, 1.807) is 11.7 Å². The predicted molar refractivity (Wildman–Crippen MR) is 67.9 cm³/mol. The second-order valence-electron chi connectivity index (χ2n) is 3.88. The van der Waals surface area contributed by atoms with Crippen molar-refractivity contribution in [1.82, 2.24) is 14.8 Å². The van der Waals surface area contributed by atoms with E-state index in [2.05, 4.69) is 26.0 Å². The van der Waals surface area contributed by atoms with Gasteiger partial charge >= 0.3 is 0 Å². The number of benzene rings is 1. The van der Waals surface area contributed by atoms with Crippen LogP contribution in [0, 0.1) is 6.92 Å². The lowest BCUT2D eigenvalue weighted by Crippen LogP contribution is -2.09. The highest BCUT2D eigenvalue weighted by Gasteiger charge is 2.13. The van der Waals surface area contributed by atoms with Crippen molar-refractivity contribution in [3.63, 3.8) is 0 Å². The molecule has 17 heavy (non-hydrogen) atoms. The first-order valence-electron chi connectivity index (χ1n) is 5.20. The molecule has 0 spiro atoms. The van der Waals surface area contributed by atoms with Crippen molar-refractivity contribution in [3.8, 4) is 0 Å². The van der Waals surface area contributed by atoms with Crippen LogP contribution in [0.2, 0.25) is 0 Å². The van der Waals surface area contributed by atoms with E-state index in [4.69, 9.17) is 0 Å². The van der Waals surface area contributed by atoms with Crippen molar-refractivity contribution in [2.24, 2.45) is 7.05 Å². The molecule has 0 unspecified atom stereocenters. The van der Waals surface area contributed by atoms with Gasteiger partial charge in [-0.1, -0.05) is 22.0 Å². The van der Waals surface area contributed by atoms with E-state index in [0.717, 1.165) is 10.0 Å². The van der Waals surface area contributed by atoms with Gasteiger partial charge in [-0.2, -0.15) is 5.10 Å². The zero-order chi connectivity index (χ0) is 12.4. The maximum Gasteiger partial charge on any atom is 0.171 e. The van der Waals surface area contributed by atoms with E-state index in [0.29, 0.717) is 11.4 Å². The molecule has 0 N–H and O–H groups in total. The summed E-state index contributed by atoms with van der Waals surface area (Å²) in [6.45, 7) is 1.99. The van der Waals surface area contributed by atoms with Crippen LogP contribution < -0.4 is 0 Å². The number of Topliss-reactive ketones (excluding diaryl/α,β-unsaturated/α-hetero) is 1. The van der Waals surface area contributed by atoms with E-state index in [1.165, 1.54) is 6.33 Å². The van der Waals surface area contributed by atoms with Gasteiger partial charge < -0.3 is 0 Å². The van der Waals surface area contributed by atoms with E-state index in [9.17, 15) is 4.79 Å². The molecule has 0 aliphatic heterocycles. The third-order valence-electron chi connectivity index (χ3n) is 2.55. The average Bonchev–Trinajstić information content (AvgIpc) is 2.64. The maximum absolute atomic E-state index is 12.1. The Morgan fingerprint density at radius 1 is 1.47 bits per heavy atom. The fourth-order valence-electron chi connectivity index (χ4n) is 1.57. The highest BCUT2D eigenvalue weighted by molar-refractivity contribution is 9.10. The van der Waals surface area contributed by atoms with E-state index >= 15 is 0 Å². The molecular weight excluding hydrogens is 282 g/mol. The van der Waals surface area contributed by atoms with Crippen LogP contribution in [-0.4, -0.2) is 20.5 Å². The Bertz CT molecular complexity index is 563. The molecule has 0 aliphatic rings. The lowest BCUT2D eigenvalue weighted by Gasteiger charge is -2.04. The molecule has 1 heterocycles. The fourth-order valence-corrected chi connectivity index (χ4v) is 2.28. The zero-order valence-electron chi connectivity index (χ0n) is 9.64. The summed E-state index contributed by atoms with van der Waals surface area (Å²) in [4.78, 5) is 16.1. The topological polar surface area (TPSA) is 47.8 Å². The van der Waals surface area contributed by atoms with Crippen LogP contribution >= 0.6 is 15.9 Å². The number of ketones is 1. The number of carbonyl (C=O) groups excluding carboxylic acids is 1. The van der Waals surface area contributed by atoms with Gasteiger partial charge in [0.2, 0.25) is 0 Å². The molecule has 0 fully saturated rings. The van der Waals surface area contributed by atoms with Gasteiger partial charge in [0.25, 0.3) is 0 Å². The highest BCUT2D eigenvalue weighted by atomic mass is 79.9. The molecule has 0 bridgehead atoms. The molecule has 0 saturated carbocycles. The normalized spacial score (nSPS) is 10.5. The van der Waals surface area contributed by atoms with Crippen LogP contribution in [0.15, 0.2) is 29.0 Å². The molecule has 2 aromatic rings. The number of aromatic nitrogens is 3. The molecule has 0 atom stereocenters. The lowest BCUT2D eigenvalue weighted by atomic mass is 10.1.